The van der Waals surface area contributed by atoms with Crippen molar-refractivity contribution in [2.75, 3.05) is 6.61 Å². The van der Waals surface area contributed by atoms with Gasteiger partial charge in [0.05, 0.1) is 23.8 Å². The van der Waals surface area contributed by atoms with E-state index in [2.05, 4.69) is 16.3 Å². The van der Waals surface area contributed by atoms with Crippen molar-refractivity contribution in [3.05, 3.63) is 107 Å². The largest absolute Gasteiger partial charge is 0.494 e. The molecule has 7 heteroatoms. The summed E-state index contributed by atoms with van der Waals surface area (Å²) in [7, 11) is 0. The Morgan fingerprint density at radius 1 is 1.00 bits per heavy atom. The van der Waals surface area contributed by atoms with E-state index in [9.17, 15) is 5.26 Å². The second-order valence-electron chi connectivity index (χ2n) is 8.05. The molecule has 1 unspecified atom stereocenters. The van der Waals surface area contributed by atoms with Crippen LogP contribution < -0.4 is 19.9 Å². The molecule has 0 spiro atoms. The molecule has 4 aromatic rings. The van der Waals surface area contributed by atoms with E-state index >= 15 is 0 Å². The molecule has 0 saturated carbocycles. The van der Waals surface area contributed by atoms with Gasteiger partial charge >= 0.3 is 0 Å². The Bertz CT molecular complexity index is 1420. The molecule has 0 aliphatic carbocycles. The van der Waals surface area contributed by atoms with Gasteiger partial charge in [0.15, 0.2) is 0 Å². The number of nitriles is 1. The van der Waals surface area contributed by atoms with Gasteiger partial charge in [-0.3, -0.25) is 5.10 Å². The third-order valence-electron chi connectivity index (χ3n) is 5.81. The Morgan fingerprint density at radius 3 is 2.54 bits per heavy atom. The predicted molar refractivity (Wildman–Crippen MR) is 132 cm³/mol. The Labute approximate surface area is 203 Å². The van der Waals surface area contributed by atoms with Gasteiger partial charge < -0.3 is 19.9 Å². The zero-order valence-corrected chi connectivity index (χ0v) is 19.2. The number of aromatic amines is 1. The molecule has 5 rings (SSSR count). The fourth-order valence-corrected chi connectivity index (χ4v) is 4.23. The van der Waals surface area contributed by atoms with Crippen LogP contribution in [-0.2, 0) is 6.61 Å². The van der Waals surface area contributed by atoms with E-state index in [4.69, 9.17) is 19.9 Å². The van der Waals surface area contributed by atoms with Crippen molar-refractivity contribution in [3.63, 3.8) is 0 Å². The zero-order valence-electron chi connectivity index (χ0n) is 19.2. The van der Waals surface area contributed by atoms with Crippen molar-refractivity contribution in [2.24, 2.45) is 5.73 Å². The number of aromatic nitrogens is 2. The Kier molecular flexibility index (Phi) is 6.10. The summed E-state index contributed by atoms with van der Waals surface area (Å²) in [6, 6.07) is 27.6. The number of nitrogens with two attached hydrogens (primary N) is 1. The van der Waals surface area contributed by atoms with E-state index in [0.29, 0.717) is 30.4 Å². The summed E-state index contributed by atoms with van der Waals surface area (Å²) in [5.74, 6) is 1.35. The van der Waals surface area contributed by atoms with Crippen LogP contribution in [0.15, 0.2) is 90.3 Å². The van der Waals surface area contributed by atoms with Gasteiger partial charge in [-0.25, -0.2) is 0 Å². The van der Waals surface area contributed by atoms with Crippen LogP contribution in [0.3, 0.4) is 0 Å². The quantitative estimate of drug-likeness (QED) is 0.386. The van der Waals surface area contributed by atoms with Gasteiger partial charge in [0.2, 0.25) is 11.8 Å². The fraction of sp³-hybridized carbons (Fsp3) is 0.143. The molecule has 3 aromatic carbocycles. The first-order valence-electron chi connectivity index (χ1n) is 11.3. The van der Waals surface area contributed by atoms with E-state index in [0.717, 1.165) is 33.7 Å². The first kappa shape index (κ1) is 22.1. The van der Waals surface area contributed by atoms with E-state index < -0.39 is 5.92 Å². The van der Waals surface area contributed by atoms with Crippen molar-refractivity contribution in [2.45, 2.75) is 19.4 Å². The minimum atomic E-state index is -0.478. The van der Waals surface area contributed by atoms with E-state index in [1.165, 1.54) is 0 Å². The topological polar surface area (TPSA) is 106 Å². The minimum absolute atomic E-state index is 0.0433. The van der Waals surface area contributed by atoms with Crippen LogP contribution in [0.4, 0.5) is 0 Å². The van der Waals surface area contributed by atoms with Crippen LogP contribution in [0.5, 0.6) is 17.4 Å². The van der Waals surface area contributed by atoms with Crippen molar-refractivity contribution < 1.29 is 14.2 Å². The van der Waals surface area contributed by atoms with E-state index in [1.54, 1.807) is 0 Å². The number of allylic oxidation sites excluding steroid dienone is 1. The molecule has 0 bridgehead atoms. The summed E-state index contributed by atoms with van der Waals surface area (Å²) < 4.78 is 17.5. The van der Waals surface area contributed by atoms with Crippen LogP contribution in [0.1, 0.15) is 29.5 Å². The van der Waals surface area contributed by atoms with Crippen molar-refractivity contribution in [1.82, 2.24) is 10.2 Å². The molecule has 0 amide bonds. The van der Waals surface area contributed by atoms with E-state index in [1.807, 2.05) is 85.8 Å². The molecular formula is C28H24N4O3. The lowest BCUT2D eigenvalue weighted by atomic mass is 9.83. The maximum Gasteiger partial charge on any atom is 0.244 e. The molecule has 0 radical (unpaired) electrons. The van der Waals surface area contributed by atoms with Crippen LogP contribution in [0.2, 0.25) is 0 Å². The lowest BCUT2D eigenvalue weighted by Gasteiger charge is -2.24. The summed E-state index contributed by atoms with van der Waals surface area (Å²) in [6.45, 7) is 2.94. The van der Waals surface area contributed by atoms with Gasteiger partial charge in [0.25, 0.3) is 0 Å². The van der Waals surface area contributed by atoms with Gasteiger partial charge in [-0.2, -0.15) is 5.26 Å². The van der Waals surface area contributed by atoms with Crippen molar-refractivity contribution >= 4 is 0 Å². The average molecular weight is 465 g/mol. The third-order valence-corrected chi connectivity index (χ3v) is 5.81. The Morgan fingerprint density at radius 2 is 1.77 bits per heavy atom. The average Bonchev–Trinajstić information content (AvgIpc) is 3.31. The Balaban J connectivity index is 1.55. The summed E-state index contributed by atoms with van der Waals surface area (Å²) in [4.78, 5) is 0. The van der Waals surface area contributed by atoms with Gasteiger partial charge in [-0.1, -0.05) is 54.6 Å². The minimum Gasteiger partial charge on any atom is -0.494 e. The number of H-pyrrole nitrogens is 1. The monoisotopic (exact) mass is 464 g/mol. The number of ether oxygens (including phenoxy) is 3. The van der Waals surface area contributed by atoms with Crippen LogP contribution in [0, 0.1) is 11.3 Å². The molecule has 3 N–H and O–H groups in total. The summed E-state index contributed by atoms with van der Waals surface area (Å²) in [5, 5.41) is 17.4. The van der Waals surface area contributed by atoms with E-state index in [-0.39, 0.29) is 5.88 Å². The summed E-state index contributed by atoms with van der Waals surface area (Å²) in [5.41, 5.74) is 10.7. The summed E-state index contributed by atoms with van der Waals surface area (Å²) in [6.07, 6.45) is 0. The molecule has 1 aliphatic heterocycles. The number of hydrogen-bond acceptors (Lipinski definition) is 6. The molecule has 35 heavy (non-hydrogen) atoms. The van der Waals surface area contributed by atoms with Crippen molar-refractivity contribution in [1.29, 1.82) is 5.26 Å². The molecule has 1 atom stereocenters. The Hall–Kier alpha value is -4.70. The van der Waals surface area contributed by atoms with Crippen LogP contribution >= 0.6 is 0 Å². The SMILES string of the molecule is CCOc1cccc(-c2[nH]nc3c2C(c2cccc(OCc4ccccc4)c2)C(C#N)=C(N)O3)c1. The highest BCUT2D eigenvalue weighted by molar-refractivity contribution is 5.72. The normalized spacial score (nSPS) is 14.6. The first-order chi connectivity index (χ1) is 17.2. The molecule has 0 fully saturated rings. The lowest BCUT2D eigenvalue weighted by Crippen LogP contribution is -2.21. The van der Waals surface area contributed by atoms with Crippen LogP contribution in [0.25, 0.3) is 11.3 Å². The molecule has 7 nitrogen and oxygen atoms in total. The standard InChI is InChI=1S/C28H24N4O3/c1-2-33-21-12-7-11-20(15-21)26-25-24(23(16-29)27(30)35-28(25)32-31-26)19-10-6-13-22(14-19)34-17-18-8-4-3-5-9-18/h3-15,24H,2,17,30H2,1H3,(H,31,32). The second-order valence-corrected chi connectivity index (χ2v) is 8.05. The fourth-order valence-electron chi connectivity index (χ4n) is 4.23. The summed E-state index contributed by atoms with van der Waals surface area (Å²) >= 11 is 0. The molecule has 0 saturated heterocycles. The molecule has 2 heterocycles. The molecule has 1 aromatic heterocycles. The highest BCUT2D eigenvalue weighted by atomic mass is 16.5. The molecular weight excluding hydrogens is 440 g/mol. The maximum atomic E-state index is 10.0. The number of benzene rings is 3. The second kappa shape index (κ2) is 9.65. The molecule has 174 valence electrons. The lowest BCUT2D eigenvalue weighted by molar-refractivity contribution is 0.306. The number of fused-ring (bicyclic) bond motifs is 1. The smallest absolute Gasteiger partial charge is 0.244 e. The zero-order chi connectivity index (χ0) is 24.2. The highest BCUT2D eigenvalue weighted by Crippen LogP contribution is 2.46. The van der Waals surface area contributed by atoms with Crippen molar-refractivity contribution in [3.8, 4) is 34.7 Å². The number of nitrogens with one attached hydrogen (secondary N) is 1. The van der Waals surface area contributed by atoms with Gasteiger partial charge in [0, 0.05) is 5.56 Å². The maximum absolute atomic E-state index is 10.0. The first-order valence-corrected chi connectivity index (χ1v) is 11.3. The van der Waals surface area contributed by atoms with Gasteiger partial charge in [-0.05, 0) is 42.3 Å². The third kappa shape index (κ3) is 4.42. The highest BCUT2D eigenvalue weighted by Gasteiger charge is 2.35. The predicted octanol–water partition coefficient (Wildman–Crippen LogP) is 5.27. The number of nitrogens with zero attached hydrogens (tertiary/aromatic N) is 2. The van der Waals surface area contributed by atoms with Crippen LogP contribution in [-0.4, -0.2) is 16.8 Å². The van der Waals surface area contributed by atoms with Gasteiger partial charge in [0.1, 0.15) is 29.7 Å². The molecule has 1 aliphatic rings. The number of hydrogen-bond donors (Lipinski definition) is 2. The number of rotatable bonds is 7. The van der Waals surface area contributed by atoms with Gasteiger partial charge in [-0.15, -0.1) is 5.10 Å².